The molecule has 33 heavy (non-hydrogen) atoms. The van der Waals surface area contributed by atoms with E-state index < -0.39 is 11.4 Å². The van der Waals surface area contributed by atoms with Crippen molar-refractivity contribution in [3.05, 3.63) is 75.1 Å². The smallest absolute Gasteiger partial charge is 0.291 e. The summed E-state index contributed by atoms with van der Waals surface area (Å²) in [4.78, 5) is 45.2. The molecule has 1 fully saturated rings. The third-order valence-electron chi connectivity index (χ3n) is 7.12. The highest BCUT2D eigenvalue weighted by Crippen LogP contribution is 2.52. The van der Waals surface area contributed by atoms with E-state index in [1.165, 1.54) is 4.90 Å². The molecule has 1 aromatic heterocycles. The lowest BCUT2D eigenvalue weighted by atomic mass is 9.83. The van der Waals surface area contributed by atoms with Gasteiger partial charge in [-0.05, 0) is 44.9 Å². The summed E-state index contributed by atoms with van der Waals surface area (Å²) in [6.07, 6.45) is 1.51. The summed E-state index contributed by atoms with van der Waals surface area (Å²) < 4.78 is 11.9. The van der Waals surface area contributed by atoms with Crippen molar-refractivity contribution in [3.8, 4) is 0 Å². The molecule has 2 atom stereocenters. The molecule has 168 valence electrons. The zero-order valence-electron chi connectivity index (χ0n) is 18.6. The minimum Gasteiger partial charge on any atom is -0.450 e. The molecule has 3 aromatic rings. The van der Waals surface area contributed by atoms with E-state index in [1.54, 1.807) is 17.0 Å². The van der Waals surface area contributed by atoms with Crippen molar-refractivity contribution in [2.75, 3.05) is 24.6 Å². The molecular weight excluding hydrogens is 420 g/mol. The molecule has 7 nitrogen and oxygen atoms in total. The maximum Gasteiger partial charge on any atom is 0.291 e. The minimum absolute atomic E-state index is 0.0459. The summed E-state index contributed by atoms with van der Waals surface area (Å²) >= 11 is 0. The Balaban J connectivity index is 1.70. The van der Waals surface area contributed by atoms with Gasteiger partial charge >= 0.3 is 0 Å². The van der Waals surface area contributed by atoms with Crippen molar-refractivity contribution in [1.82, 2.24) is 4.90 Å². The molecule has 1 spiro atoms. The Bertz CT molecular complexity index is 1390. The molecule has 6 rings (SSSR count). The predicted molar refractivity (Wildman–Crippen MR) is 122 cm³/mol. The van der Waals surface area contributed by atoms with Crippen LogP contribution in [0.15, 0.2) is 51.7 Å². The lowest BCUT2D eigenvalue weighted by molar-refractivity contribution is -0.126. The lowest BCUT2D eigenvalue weighted by Crippen LogP contribution is -2.55. The van der Waals surface area contributed by atoms with Gasteiger partial charge in [0.2, 0.25) is 5.76 Å². The Morgan fingerprint density at radius 2 is 1.94 bits per heavy atom. The summed E-state index contributed by atoms with van der Waals surface area (Å²) in [5.74, 6) is -0.785. The van der Waals surface area contributed by atoms with Gasteiger partial charge in [-0.15, -0.1) is 0 Å². The molecule has 0 radical (unpaired) electrons. The number of carbonyl (C=O) groups excluding carboxylic acids is 2. The zero-order valence-corrected chi connectivity index (χ0v) is 18.6. The summed E-state index contributed by atoms with van der Waals surface area (Å²) in [7, 11) is 0. The van der Waals surface area contributed by atoms with Crippen molar-refractivity contribution >= 4 is 28.5 Å². The predicted octanol–water partition coefficient (Wildman–Crippen LogP) is 3.35. The van der Waals surface area contributed by atoms with Crippen molar-refractivity contribution in [3.63, 3.8) is 0 Å². The molecule has 3 aliphatic heterocycles. The first-order valence-electron chi connectivity index (χ1n) is 11.4. The Labute approximate surface area is 190 Å². The average molecular weight is 444 g/mol. The van der Waals surface area contributed by atoms with Gasteiger partial charge in [0.25, 0.3) is 11.8 Å². The fourth-order valence-corrected chi connectivity index (χ4v) is 5.66. The Morgan fingerprint density at radius 1 is 1.12 bits per heavy atom. The van der Waals surface area contributed by atoms with Crippen molar-refractivity contribution in [2.24, 2.45) is 0 Å². The third-order valence-corrected chi connectivity index (χ3v) is 7.12. The van der Waals surface area contributed by atoms with Crippen molar-refractivity contribution in [2.45, 2.75) is 38.3 Å². The molecule has 1 saturated heterocycles. The zero-order chi connectivity index (χ0) is 22.9. The van der Waals surface area contributed by atoms with Gasteiger partial charge in [0.05, 0.1) is 22.7 Å². The number of likely N-dealkylation sites (N-methyl/N-ethyl adjacent to an activating group) is 1. The quantitative estimate of drug-likeness (QED) is 0.619. The number of para-hydroxylation sites is 1. The number of amides is 2. The number of ether oxygens (including phenoxy) is 1. The highest BCUT2D eigenvalue weighted by Gasteiger charge is 2.65. The summed E-state index contributed by atoms with van der Waals surface area (Å²) in [6, 6.07) is 12.7. The van der Waals surface area contributed by atoms with Gasteiger partial charge in [-0.1, -0.05) is 29.8 Å². The van der Waals surface area contributed by atoms with E-state index in [0.29, 0.717) is 35.4 Å². The van der Waals surface area contributed by atoms with Crippen LogP contribution in [0.3, 0.4) is 0 Å². The van der Waals surface area contributed by atoms with E-state index in [2.05, 4.69) is 0 Å². The van der Waals surface area contributed by atoms with Gasteiger partial charge in [0.15, 0.2) is 11.0 Å². The van der Waals surface area contributed by atoms with Gasteiger partial charge in [-0.25, -0.2) is 0 Å². The second-order valence-corrected chi connectivity index (χ2v) is 8.96. The number of anilines is 1. The maximum atomic E-state index is 14.2. The number of fused-ring (bicyclic) bond motifs is 5. The van der Waals surface area contributed by atoms with Crippen LogP contribution in [-0.4, -0.2) is 42.5 Å². The molecule has 2 unspecified atom stereocenters. The first-order valence-corrected chi connectivity index (χ1v) is 11.4. The van der Waals surface area contributed by atoms with Crippen molar-refractivity contribution in [1.29, 1.82) is 0 Å². The normalized spacial score (nSPS) is 23.8. The maximum absolute atomic E-state index is 14.2. The second-order valence-electron chi connectivity index (χ2n) is 8.96. The Kier molecular flexibility index (Phi) is 4.29. The second kappa shape index (κ2) is 7.02. The van der Waals surface area contributed by atoms with E-state index in [-0.39, 0.29) is 35.3 Å². The number of carbonyl (C=O) groups is 2. The average Bonchev–Trinajstić information content (AvgIpc) is 3.48. The van der Waals surface area contributed by atoms with Crippen molar-refractivity contribution < 1.29 is 18.7 Å². The molecule has 0 saturated carbocycles. The molecule has 7 heteroatoms. The largest absolute Gasteiger partial charge is 0.450 e. The van der Waals surface area contributed by atoms with E-state index >= 15 is 0 Å². The van der Waals surface area contributed by atoms with Gasteiger partial charge < -0.3 is 19.0 Å². The van der Waals surface area contributed by atoms with Crippen LogP contribution < -0.4 is 10.3 Å². The molecule has 3 aliphatic rings. The van der Waals surface area contributed by atoms with Crippen LogP contribution in [-0.2, 0) is 15.1 Å². The third kappa shape index (κ3) is 2.51. The van der Waals surface area contributed by atoms with E-state index in [0.717, 1.165) is 18.4 Å². The highest BCUT2D eigenvalue weighted by molar-refractivity contribution is 6.17. The first-order chi connectivity index (χ1) is 16.0. The van der Waals surface area contributed by atoms with Gasteiger partial charge in [-0.2, -0.15) is 0 Å². The molecule has 0 aliphatic carbocycles. The van der Waals surface area contributed by atoms with Gasteiger partial charge in [0, 0.05) is 25.3 Å². The topological polar surface area (TPSA) is 80.1 Å². The number of rotatable bonds is 3. The lowest BCUT2D eigenvalue weighted by Gasteiger charge is -2.35. The molecule has 0 bridgehead atoms. The van der Waals surface area contributed by atoms with E-state index in [1.807, 2.05) is 44.2 Å². The highest BCUT2D eigenvalue weighted by atomic mass is 16.5. The Morgan fingerprint density at radius 3 is 2.70 bits per heavy atom. The molecule has 2 amide bonds. The van der Waals surface area contributed by atoms with Crippen LogP contribution in [0, 0.1) is 6.92 Å². The number of nitrogens with zero attached hydrogens (tertiary/aromatic N) is 2. The van der Waals surface area contributed by atoms with Crippen LogP contribution in [0.25, 0.3) is 11.0 Å². The SMILES string of the molecule is CCN1C(=O)C2(c3ccccc31)c1c(oc3ccc(C)cc3c1=O)C(=O)N2CC1CCCO1. The first kappa shape index (κ1) is 20.2. The minimum atomic E-state index is -1.55. The molecule has 4 heterocycles. The molecular formula is C26H24N2O5. The fraction of sp³-hybridized carbons (Fsp3) is 0.346. The number of aryl methyl sites for hydroxylation is 1. The van der Waals surface area contributed by atoms with Crippen LogP contribution in [0.2, 0.25) is 0 Å². The van der Waals surface area contributed by atoms with E-state index in [4.69, 9.17) is 9.15 Å². The molecule has 2 aromatic carbocycles. The summed E-state index contributed by atoms with van der Waals surface area (Å²) in [6.45, 7) is 5.05. The molecule has 0 N–H and O–H groups in total. The van der Waals surface area contributed by atoms with Crippen LogP contribution >= 0.6 is 0 Å². The summed E-state index contributed by atoms with van der Waals surface area (Å²) in [5, 5.41) is 0.375. The van der Waals surface area contributed by atoms with Crippen LogP contribution in [0.1, 0.15) is 47.0 Å². The number of hydrogen-bond acceptors (Lipinski definition) is 5. The fourth-order valence-electron chi connectivity index (χ4n) is 5.66. The summed E-state index contributed by atoms with van der Waals surface area (Å²) in [5.41, 5.74) is 0.837. The monoisotopic (exact) mass is 444 g/mol. The van der Waals surface area contributed by atoms with Gasteiger partial charge in [0.1, 0.15) is 5.58 Å². The number of hydrogen-bond donors (Lipinski definition) is 0. The standard InChI is InChI=1S/C26H24N2O5/c1-3-27-19-9-5-4-8-18(19)26(25(27)31)21-22(29)17-13-15(2)10-11-20(17)33-23(21)24(30)28(26)14-16-7-6-12-32-16/h4-5,8-11,13,16H,3,6-7,12,14H2,1-2H3. The van der Waals surface area contributed by atoms with Gasteiger partial charge in [-0.3, -0.25) is 14.4 Å². The van der Waals surface area contributed by atoms with Crippen LogP contribution in [0.5, 0.6) is 0 Å². The van der Waals surface area contributed by atoms with E-state index in [9.17, 15) is 14.4 Å². The number of benzene rings is 2. The Hall–Kier alpha value is -3.45. The van der Waals surface area contributed by atoms with Crippen LogP contribution in [0.4, 0.5) is 5.69 Å².